The van der Waals surface area contributed by atoms with Gasteiger partial charge in [-0.1, -0.05) is 12.5 Å². The van der Waals surface area contributed by atoms with E-state index in [2.05, 4.69) is 40.0 Å². The molecular formula is C16H24BrFN2. The molecule has 0 aromatic heterocycles. The van der Waals surface area contributed by atoms with Crippen molar-refractivity contribution in [1.29, 1.82) is 0 Å². The quantitative estimate of drug-likeness (QED) is 0.865. The van der Waals surface area contributed by atoms with Gasteiger partial charge in [-0.2, -0.15) is 0 Å². The fourth-order valence-corrected chi connectivity index (χ4v) is 3.13. The van der Waals surface area contributed by atoms with Gasteiger partial charge in [0.2, 0.25) is 0 Å². The van der Waals surface area contributed by atoms with Crippen molar-refractivity contribution in [1.82, 2.24) is 10.2 Å². The number of piperidine rings is 1. The summed E-state index contributed by atoms with van der Waals surface area (Å²) in [5.74, 6) is -0.206. The van der Waals surface area contributed by atoms with E-state index in [1.165, 1.54) is 38.4 Å². The molecule has 2 unspecified atom stereocenters. The number of nitrogens with one attached hydrogen (secondary N) is 1. The zero-order valence-electron chi connectivity index (χ0n) is 12.3. The highest BCUT2D eigenvalue weighted by Gasteiger charge is 2.17. The van der Waals surface area contributed by atoms with Crippen LogP contribution in [0.1, 0.15) is 44.7 Å². The van der Waals surface area contributed by atoms with Gasteiger partial charge in [0.05, 0.1) is 4.47 Å². The molecule has 1 N–H and O–H groups in total. The third-order valence-corrected chi connectivity index (χ3v) is 4.78. The van der Waals surface area contributed by atoms with Crippen LogP contribution >= 0.6 is 15.9 Å². The molecule has 0 aliphatic carbocycles. The molecule has 1 aromatic rings. The third kappa shape index (κ3) is 4.27. The van der Waals surface area contributed by atoms with Gasteiger partial charge in [-0.25, -0.2) is 4.39 Å². The van der Waals surface area contributed by atoms with Gasteiger partial charge in [0.1, 0.15) is 5.82 Å². The van der Waals surface area contributed by atoms with E-state index in [0.717, 1.165) is 12.1 Å². The lowest BCUT2D eigenvalue weighted by molar-refractivity contribution is 0.168. The van der Waals surface area contributed by atoms with Crippen molar-refractivity contribution in [2.75, 3.05) is 19.6 Å². The topological polar surface area (TPSA) is 15.3 Å². The molecule has 4 heteroatoms. The molecule has 1 heterocycles. The van der Waals surface area contributed by atoms with Crippen LogP contribution < -0.4 is 5.32 Å². The van der Waals surface area contributed by atoms with Crippen molar-refractivity contribution in [3.8, 4) is 0 Å². The van der Waals surface area contributed by atoms with E-state index in [0.29, 0.717) is 10.5 Å². The number of benzene rings is 1. The van der Waals surface area contributed by atoms with E-state index in [4.69, 9.17) is 0 Å². The van der Waals surface area contributed by atoms with E-state index in [1.807, 2.05) is 12.1 Å². The van der Waals surface area contributed by atoms with Crippen LogP contribution in [0.5, 0.6) is 0 Å². The minimum atomic E-state index is -0.206. The predicted octanol–water partition coefficient (Wildman–Crippen LogP) is 4.11. The number of halogens is 2. The van der Waals surface area contributed by atoms with Crippen molar-refractivity contribution in [3.63, 3.8) is 0 Å². The summed E-state index contributed by atoms with van der Waals surface area (Å²) in [6.45, 7) is 7.82. The molecule has 1 aromatic carbocycles. The van der Waals surface area contributed by atoms with Crippen LogP contribution in [0.4, 0.5) is 4.39 Å². The van der Waals surface area contributed by atoms with Crippen molar-refractivity contribution < 1.29 is 4.39 Å². The lowest BCUT2D eigenvalue weighted by Crippen LogP contribution is -2.43. The fourth-order valence-electron chi connectivity index (χ4n) is 2.74. The number of hydrogen-bond acceptors (Lipinski definition) is 2. The molecule has 20 heavy (non-hydrogen) atoms. The van der Waals surface area contributed by atoms with E-state index >= 15 is 0 Å². The molecule has 0 saturated carbocycles. The Morgan fingerprint density at radius 3 is 2.60 bits per heavy atom. The molecule has 112 valence electrons. The first kappa shape index (κ1) is 15.9. The molecular weight excluding hydrogens is 319 g/mol. The van der Waals surface area contributed by atoms with Crippen LogP contribution in [0.3, 0.4) is 0 Å². The highest BCUT2D eigenvalue weighted by Crippen LogP contribution is 2.21. The second kappa shape index (κ2) is 7.53. The van der Waals surface area contributed by atoms with Gasteiger partial charge in [-0.05, 0) is 73.4 Å². The van der Waals surface area contributed by atoms with Crippen LogP contribution in [-0.4, -0.2) is 30.6 Å². The monoisotopic (exact) mass is 342 g/mol. The molecule has 1 fully saturated rings. The Bertz CT molecular complexity index is 432. The number of hydrogen-bond donors (Lipinski definition) is 1. The van der Waals surface area contributed by atoms with E-state index in [9.17, 15) is 4.39 Å². The van der Waals surface area contributed by atoms with E-state index < -0.39 is 0 Å². The van der Waals surface area contributed by atoms with Gasteiger partial charge < -0.3 is 5.32 Å². The largest absolute Gasteiger partial charge is 0.309 e. The maximum Gasteiger partial charge on any atom is 0.137 e. The van der Waals surface area contributed by atoms with Crippen LogP contribution in [-0.2, 0) is 0 Å². The zero-order chi connectivity index (χ0) is 14.5. The zero-order valence-corrected chi connectivity index (χ0v) is 13.9. The summed E-state index contributed by atoms with van der Waals surface area (Å²) in [4.78, 5) is 2.56. The Balaban J connectivity index is 1.84. The molecule has 0 spiro atoms. The molecule has 1 saturated heterocycles. The first-order valence-corrected chi connectivity index (χ1v) is 8.29. The Labute approximate surface area is 129 Å². The molecule has 2 nitrogen and oxygen atoms in total. The normalized spacial score (nSPS) is 19.8. The van der Waals surface area contributed by atoms with E-state index in [1.54, 1.807) is 0 Å². The molecule has 0 bridgehead atoms. The Hall–Kier alpha value is -0.450. The number of likely N-dealkylation sites (tertiary alicyclic amines) is 1. The number of nitrogens with zero attached hydrogens (tertiary/aromatic N) is 1. The summed E-state index contributed by atoms with van der Waals surface area (Å²) in [5.41, 5.74) is 1.11. The highest BCUT2D eigenvalue weighted by atomic mass is 79.9. The van der Waals surface area contributed by atoms with Crippen molar-refractivity contribution >= 4 is 15.9 Å². The van der Waals surface area contributed by atoms with Crippen molar-refractivity contribution in [2.24, 2.45) is 0 Å². The van der Waals surface area contributed by atoms with Gasteiger partial charge >= 0.3 is 0 Å². The minimum Gasteiger partial charge on any atom is -0.309 e. The van der Waals surface area contributed by atoms with Crippen LogP contribution in [0.25, 0.3) is 0 Å². The van der Waals surface area contributed by atoms with Crippen molar-refractivity contribution in [3.05, 3.63) is 34.1 Å². The smallest absolute Gasteiger partial charge is 0.137 e. The van der Waals surface area contributed by atoms with Gasteiger partial charge in [0, 0.05) is 18.6 Å². The molecule has 0 radical (unpaired) electrons. The molecule has 1 aliphatic rings. The van der Waals surface area contributed by atoms with Crippen LogP contribution in [0.15, 0.2) is 22.7 Å². The minimum absolute atomic E-state index is 0.206. The fraction of sp³-hybridized carbons (Fsp3) is 0.625. The first-order chi connectivity index (χ1) is 9.58. The SMILES string of the molecule is CC(NCC(C)N1CCCCC1)c1ccc(F)c(Br)c1. The highest BCUT2D eigenvalue weighted by molar-refractivity contribution is 9.10. The summed E-state index contributed by atoms with van der Waals surface area (Å²) in [7, 11) is 0. The molecule has 2 atom stereocenters. The Kier molecular flexibility index (Phi) is 6.00. The maximum atomic E-state index is 13.2. The lowest BCUT2D eigenvalue weighted by Gasteiger charge is -2.33. The van der Waals surface area contributed by atoms with E-state index in [-0.39, 0.29) is 11.9 Å². The molecule has 1 aliphatic heterocycles. The molecule has 0 amide bonds. The Morgan fingerprint density at radius 2 is 1.95 bits per heavy atom. The summed E-state index contributed by atoms with van der Waals surface area (Å²) in [6.07, 6.45) is 4.02. The summed E-state index contributed by atoms with van der Waals surface area (Å²) in [6, 6.07) is 6.02. The van der Waals surface area contributed by atoms with Gasteiger partial charge in [-0.3, -0.25) is 4.90 Å². The van der Waals surface area contributed by atoms with Gasteiger partial charge in [-0.15, -0.1) is 0 Å². The Morgan fingerprint density at radius 1 is 1.25 bits per heavy atom. The van der Waals surface area contributed by atoms with Gasteiger partial charge in [0.15, 0.2) is 0 Å². The third-order valence-electron chi connectivity index (χ3n) is 4.18. The average Bonchev–Trinajstić information content (AvgIpc) is 2.48. The summed E-state index contributed by atoms with van der Waals surface area (Å²) < 4.78 is 13.8. The van der Waals surface area contributed by atoms with Gasteiger partial charge in [0.25, 0.3) is 0 Å². The maximum absolute atomic E-state index is 13.2. The first-order valence-electron chi connectivity index (χ1n) is 7.50. The summed E-state index contributed by atoms with van der Waals surface area (Å²) in [5, 5.41) is 3.56. The lowest BCUT2D eigenvalue weighted by atomic mass is 10.1. The second-order valence-electron chi connectivity index (χ2n) is 5.75. The van der Waals surface area contributed by atoms with Crippen LogP contribution in [0, 0.1) is 5.82 Å². The van der Waals surface area contributed by atoms with Crippen molar-refractivity contribution in [2.45, 2.75) is 45.2 Å². The summed E-state index contributed by atoms with van der Waals surface area (Å²) >= 11 is 3.25. The number of rotatable bonds is 5. The standard InChI is InChI=1S/C16H24BrFN2/c1-12(20-8-4-3-5-9-20)11-19-13(2)14-6-7-16(18)15(17)10-14/h6-7,10,12-13,19H,3-5,8-9,11H2,1-2H3. The molecule has 2 rings (SSSR count). The van der Waals surface area contributed by atoms with Crippen LogP contribution in [0.2, 0.25) is 0 Å². The average molecular weight is 343 g/mol. The second-order valence-corrected chi connectivity index (χ2v) is 6.60. The predicted molar refractivity (Wildman–Crippen MR) is 85.4 cm³/mol.